The fourth-order valence-corrected chi connectivity index (χ4v) is 2.59. The summed E-state index contributed by atoms with van der Waals surface area (Å²) in [5.41, 5.74) is 3.79. The molecule has 0 amide bonds. The van der Waals surface area contributed by atoms with E-state index in [0.29, 0.717) is 0 Å². The van der Waals surface area contributed by atoms with E-state index < -0.39 is 0 Å². The van der Waals surface area contributed by atoms with E-state index >= 15 is 0 Å². The van der Waals surface area contributed by atoms with E-state index in [-0.39, 0.29) is 12.1 Å². The van der Waals surface area contributed by atoms with Gasteiger partial charge in [-0.1, -0.05) is 49.4 Å². The van der Waals surface area contributed by atoms with Crippen LogP contribution in [-0.4, -0.2) is 13.2 Å². The van der Waals surface area contributed by atoms with Crippen molar-refractivity contribution in [2.24, 2.45) is 0 Å². The second kappa shape index (κ2) is 7.28. The number of ether oxygens (including phenoxy) is 1. The van der Waals surface area contributed by atoms with E-state index in [1.54, 1.807) is 0 Å². The molecule has 0 saturated heterocycles. The molecule has 112 valence electrons. The van der Waals surface area contributed by atoms with Gasteiger partial charge in [0.15, 0.2) is 0 Å². The Balaban J connectivity index is 2.14. The van der Waals surface area contributed by atoms with Gasteiger partial charge in [0.1, 0.15) is 11.9 Å². The van der Waals surface area contributed by atoms with Gasteiger partial charge < -0.3 is 10.1 Å². The van der Waals surface area contributed by atoms with E-state index in [1.807, 2.05) is 25.2 Å². The maximum atomic E-state index is 6.15. The summed E-state index contributed by atoms with van der Waals surface area (Å²) in [5.74, 6) is 0.954. The third kappa shape index (κ3) is 3.85. The zero-order chi connectivity index (χ0) is 15.2. The lowest BCUT2D eigenvalue weighted by Gasteiger charge is -2.26. The van der Waals surface area contributed by atoms with Gasteiger partial charge in [-0.05, 0) is 50.1 Å². The first kappa shape index (κ1) is 15.6. The minimum Gasteiger partial charge on any atom is -0.488 e. The third-order valence-corrected chi connectivity index (χ3v) is 3.93. The standard InChI is InChI=1S/C19H25NO/c1-5-16-10-12-17(13-11-16)19(20-4)15(3)21-18-9-7-6-8-14(18)2/h6-13,15,19-20H,5H2,1-4H3. The Morgan fingerprint density at radius 3 is 2.29 bits per heavy atom. The van der Waals surface area contributed by atoms with Crippen LogP contribution in [-0.2, 0) is 6.42 Å². The molecule has 0 aliphatic heterocycles. The Morgan fingerprint density at radius 1 is 1.05 bits per heavy atom. The van der Waals surface area contributed by atoms with Crippen molar-refractivity contribution in [3.8, 4) is 5.75 Å². The lowest BCUT2D eigenvalue weighted by Crippen LogP contribution is -2.31. The van der Waals surface area contributed by atoms with Crippen molar-refractivity contribution in [3.05, 3.63) is 65.2 Å². The summed E-state index contributed by atoms with van der Waals surface area (Å²) in [6.45, 7) is 6.36. The van der Waals surface area contributed by atoms with Crippen molar-refractivity contribution in [1.29, 1.82) is 0 Å². The number of aryl methyl sites for hydroxylation is 2. The highest BCUT2D eigenvalue weighted by Crippen LogP contribution is 2.24. The number of rotatable bonds is 6. The van der Waals surface area contributed by atoms with Crippen LogP contribution >= 0.6 is 0 Å². The first-order valence-corrected chi connectivity index (χ1v) is 7.64. The molecule has 0 aliphatic carbocycles. The molecule has 2 aromatic carbocycles. The normalized spacial score (nSPS) is 13.7. The molecular weight excluding hydrogens is 258 g/mol. The Labute approximate surface area is 128 Å². The predicted molar refractivity (Wildman–Crippen MR) is 88.9 cm³/mol. The second-order valence-electron chi connectivity index (χ2n) is 5.45. The summed E-state index contributed by atoms with van der Waals surface area (Å²) >= 11 is 0. The van der Waals surface area contributed by atoms with Crippen LogP contribution in [0.2, 0.25) is 0 Å². The van der Waals surface area contributed by atoms with Crippen LogP contribution in [0.15, 0.2) is 48.5 Å². The number of hydrogen-bond donors (Lipinski definition) is 1. The van der Waals surface area contributed by atoms with Gasteiger partial charge in [0.25, 0.3) is 0 Å². The van der Waals surface area contributed by atoms with E-state index in [1.165, 1.54) is 16.7 Å². The van der Waals surface area contributed by atoms with Gasteiger partial charge in [0.2, 0.25) is 0 Å². The average molecular weight is 283 g/mol. The van der Waals surface area contributed by atoms with Gasteiger partial charge in [0.05, 0.1) is 6.04 Å². The fourth-order valence-electron chi connectivity index (χ4n) is 2.59. The number of benzene rings is 2. The Kier molecular flexibility index (Phi) is 5.40. The molecule has 0 saturated carbocycles. The average Bonchev–Trinajstić information content (AvgIpc) is 2.51. The summed E-state index contributed by atoms with van der Waals surface area (Å²) in [5, 5.41) is 3.37. The highest BCUT2D eigenvalue weighted by Gasteiger charge is 2.19. The molecule has 0 aromatic heterocycles. The molecule has 2 aromatic rings. The summed E-state index contributed by atoms with van der Waals surface area (Å²) in [7, 11) is 1.98. The van der Waals surface area contributed by atoms with E-state index in [2.05, 4.69) is 56.4 Å². The molecule has 0 bridgehead atoms. The van der Waals surface area contributed by atoms with Gasteiger partial charge in [0, 0.05) is 0 Å². The molecule has 0 spiro atoms. The smallest absolute Gasteiger partial charge is 0.122 e. The fraction of sp³-hybridized carbons (Fsp3) is 0.368. The lowest BCUT2D eigenvalue weighted by atomic mass is 10.00. The van der Waals surface area contributed by atoms with Crippen LogP contribution in [0.25, 0.3) is 0 Å². The molecule has 0 aliphatic rings. The Bertz CT molecular complexity index is 562. The number of para-hydroxylation sites is 1. The predicted octanol–water partition coefficient (Wildman–Crippen LogP) is 4.29. The highest BCUT2D eigenvalue weighted by atomic mass is 16.5. The summed E-state index contributed by atoms with van der Waals surface area (Å²) in [6, 6.07) is 17.1. The van der Waals surface area contributed by atoms with Crippen LogP contribution in [0.1, 0.15) is 36.6 Å². The zero-order valence-corrected chi connectivity index (χ0v) is 13.4. The minimum atomic E-state index is 0.0589. The van der Waals surface area contributed by atoms with Crippen LogP contribution in [0.5, 0.6) is 5.75 Å². The van der Waals surface area contributed by atoms with Crippen LogP contribution in [0, 0.1) is 6.92 Å². The number of hydrogen-bond acceptors (Lipinski definition) is 2. The Morgan fingerprint density at radius 2 is 1.71 bits per heavy atom. The van der Waals surface area contributed by atoms with Gasteiger partial charge in [-0.15, -0.1) is 0 Å². The topological polar surface area (TPSA) is 21.3 Å². The minimum absolute atomic E-state index is 0.0589. The monoisotopic (exact) mass is 283 g/mol. The zero-order valence-electron chi connectivity index (χ0n) is 13.4. The molecule has 2 nitrogen and oxygen atoms in total. The SMILES string of the molecule is CCc1ccc(C(NC)C(C)Oc2ccccc2C)cc1. The van der Waals surface area contributed by atoms with Crippen molar-refractivity contribution in [3.63, 3.8) is 0 Å². The lowest BCUT2D eigenvalue weighted by molar-refractivity contribution is 0.174. The molecule has 2 unspecified atom stereocenters. The van der Waals surface area contributed by atoms with Crippen molar-refractivity contribution in [1.82, 2.24) is 5.32 Å². The molecule has 0 radical (unpaired) electrons. The van der Waals surface area contributed by atoms with E-state index in [9.17, 15) is 0 Å². The van der Waals surface area contributed by atoms with Gasteiger partial charge >= 0.3 is 0 Å². The van der Waals surface area contributed by atoms with Gasteiger partial charge in [-0.2, -0.15) is 0 Å². The molecule has 1 N–H and O–H groups in total. The third-order valence-electron chi connectivity index (χ3n) is 3.93. The largest absolute Gasteiger partial charge is 0.488 e. The van der Waals surface area contributed by atoms with Gasteiger partial charge in [-0.3, -0.25) is 0 Å². The van der Waals surface area contributed by atoms with Crippen LogP contribution in [0.4, 0.5) is 0 Å². The number of likely N-dealkylation sites (N-methyl/N-ethyl adjacent to an activating group) is 1. The Hall–Kier alpha value is -1.80. The molecule has 21 heavy (non-hydrogen) atoms. The van der Waals surface area contributed by atoms with E-state index in [0.717, 1.165) is 12.2 Å². The first-order chi connectivity index (χ1) is 10.2. The summed E-state index contributed by atoms with van der Waals surface area (Å²) in [4.78, 5) is 0. The maximum absolute atomic E-state index is 6.15. The quantitative estimate of drug-likeness (QED) is 0.854. The van der Waals surface area contributed by atoms with Crippen molar-refractivity contribution >= 4 is 0 Å². The number of nitrogens with one attached hydrogen (secondary N) is 1. The van der Waals surface area contributed by atoms with Crippen LogP contribution < -0.4 is 10.1 Å². The van der Waals surface area contributed by atoms with Crippen LogP contribution in [0.3, 0.4) is 0 Å². The molecule has 0 fully saturated rings. The first-order valence-electron chi connectivity index (χ1n) is 7.64. The molecular formula is C19H25NO. The summed E-state index contributed by atoms with van der Waals surface area (Å²) < 4.78 is 6.15. The molecule has 2 heteroatoms. The molecule has 0 heterocycles. The van der Waals surface area contributed by atoms with Crippen molar-refractivity contribution in [2.45, 2.75) is 39.3 Å². The molecule has 2 rings (SSSR count). The molecule has 2 atom stereocenters. The summed E-state index contributed by atoms with van der Waals surface area (Å²) in [6.07, 6.45) is 1.13. The second-order valence-corrected chi connectivity index (χ2v) is 5.45. The highest BCUT2D eigenvalue weighted by molar-refractivity contribution is 5.32. The van der Waals surface area contributed by atoms with Gasteiger partial charge in [-0.25, -0.2) is 0 Å². The van der Waals surface area contributed by atoms with Crippen molar-refractivity contribution in [2.75, 3.05) is 7.05 Å². The van der Waals surface area contributed by atoms with E-state index in [4.69, 9.17) is 4.74 Å². The maximum Gasteiger partial charge on any atom is 0.122 e. The van der Waals surface area contributed by atoms with Crippen molar-refractivity contribution < 1.29 is 4.74 Å².